The number of aromatic nitrogens is 5. The maximum absolute atomic E-state index is 13.6. The molecule has 1 saturated carbocycles. The van der Waals surface area contributed by atoms with Crippen LogP contribution in [0.4, 0.5) is 22.0 Å². The summed E-state index contributed by atoms with van der Waals surface area (Å²) in [7, 11) is 1.50. The van der Waals surface area contributed by atoms with Crippen LogP contribution in [0.15, 0.2) is 23.4 Å². The number of hydrogen-bond acceptors (Lipinski definition) is 3. The third-order valence-corrected chi connectivity index (χ3v) is 4.80. The van der Waals surface area contributed by atoms with Crippen molar-refractivity contribution in [2.24, 2.45) is 13.0 Å². The Morgan fingerprint density at radius 2 is 1.96 bits per heavy atom. The number of halogens is 5. The molecule has 0 aliphatic heterocycles. The lowest BCUT2D eigenvalue weighted by molar-refractivity contribution is -0.140. The molecular formula is C16H14F5N5O. The normalized spacial score (nSPS) is 19.0. The van der Waals surface area contributed by atoms with Gasteiger partial charge in [-0.3, -0.25) is 13.9 Å². The summed E-state index contributed by atoms with van der Waals surface area (Å²) < 4.78 is 70.3. The van der Waals surface area contributed by atoms with Crippen molar-refractivity contribution in [3.63, 3.8) is 0 Å². The Labute approximate surface area is 148 Å². The summed E-state index contributed by atoms with van der Waals surface area (Å²) in [6, 6.07) is 0. The zero-order valence-corrected chi connectivity index (χ0v) is 14.3. The average molecular weight is 387 g/mol. The van der Waals surface area contributed by atoms with Crippen LogP contribution >= 0.6 is 0 Å². The van der Waals surface area contributed by atoms with Crippen LogP contribution in [0, 0.1) is 12.8 Å². The maximum atomic E-state index is 13.6. The molecule has 3 aromatic heterocycles. The standard InChI is InChI=1S/C16H14F5N5O/c1-8-5-26-13(27)11(12(16(19,20)21)23-14(26)24(8)2)9-4-22-25(6-9)7-10-3-15(10,17)18/h4-6,10H,3,7H2,1-2H3. The molecule has 6 nitrogen and oxygen atoms in total. The molecule has 0 N–H and O–H groups in total. The minimum Gasteiger partial charge on any atom is -0.317 e. The van der Waals surface area contributed by atoms with Gasteiger partial charge >= 0.3 is 6.18 Å². The number of imidazole rings is 1. The molecule has 11 heteroatoms. The predicted molar refractivity (Wildman–Crippen MR) is 84.4 cm³/mol. The Bertz CT molecular complexity index is 1110. The van der Waals surface area contributed by atoms with Gasteiger partial charge in [0.25, 0.3) is 11.5 Å². The predicted octanol–water partition coefficient (Wildman–Crippen LogP) is 2.88. The molecule has 27 heavy (non-hydrogen) atoms. The third-order valence-electron chi connectivity index (χ3n) is 4.80. The van der Waals surface area contributed by atoms with Gasteiger partial charge in [0.2, 0.25) is 5.78 Å². The van der Waals surface area contributed by atoms with Gasteiger partial charge in [-0.25, -0.2) is 13.8 Å². The van der Waals surface area contributed by atoms with Crippen molar-refractivity contribution in [2.45, 2.75) is 32.0 Å². The molecular weight excluding hydrogens is 373 g/mol. The number of nitrogens with zero attached hydrogens (tertiary/aromatic N) is 5. The highest BCUT2D eigenvalue weighted by Gasteiger charge is 2.56. The van der Waals surface area contributed by atoms with E-state index in [0.717, 1.165) is 15.3 Å². The van der Waals surface area contributed by atoms with E-state index < -0.39 is 34.8 Å². The summed E-state index contributed by atoms with van der Waals surface area (Å²) in [5, 5.41) is 3.84. The van der Waals surface area contributed by atoms with Crippen LogP contribution in [-0.4, -0.2) is 29.7 Å². The second-order valence-electron chi connectivity index (χ2n) is 6.75. The van der Waals surface area contributed by atoms with E-state index in [-0.39, 0.29) is 24.3 Å². The van der Waals surface area contributed by atoms with Gasteiger partial charge in [-0.2, -0.15) is 18.3 Å². The lowest BCUT2D eigenvalue weighted by atomic mass is 10.1. The summed E-state index contributed by atoms with van der Waals surface area (Å²) in [5.74, 6) is -3.81. The van der Waals surface area contributed by atoms with E-state index in [0.29, 0.717) is 5.69 Å². The Morgan fingerprint density at radius 1 is 1.30 bits per heavy atom. The van der Waals surface area contributed by atoms with Gasteiger partial charge in [-0.1, -0.05) is 0 Å². The van der Waals surface area contributed by atoms with Crippen molar-refractivity contribution in [1.29, 1.82) is 0 Å². The van der Waals surface area contributed by atoms with E-state index in [2.05, 4.69) is 10.1 Å². The van der Waals surface area contributed by atoms with Gasteiger partial charge in [0.05, 0.1) is 11.8 Å². The highest BCUT2D eigenvalue weighted by atomic mass is 19.4. The molecule has 1 aliphatic rings. The number of fused-ring (bicyclic) bond motifs is 1. The molecule has 3 aromatic rings. The van der Waals surface area contributed by atoms with Crippen molar-refractivity contribution >= 4 is 5.78 Å². The molecule has 0 radical (unpaired) electrons. The summed E-state index contributed by atoms with van der Waals surface area (Å²) >= 11 is 0. The molecule has 0 saturated heterocycles. The highest BCUT2D eigenvalue weighted by Crippen LogP contribution is 2.49. The zero-order valence-electron chi connectivity index (χ0n) is 14.3. The first kappa shape index (κ1) is 17.7. The molecule has 4 rings (SSSR count). The molecule has 144 valence electrons. The van der Waals surface area contributed by atoms with E-state index in [1.54, 1.807) is 6.92 Å². The van der Waals surface area contributed by atoms with Gasteiger partial charge in [0.1, 0.15) is 0 Å². The SMILES string of the molecule is Cc1cn2c(=O)c(-c3cnn(CC4CC4(F)F)c3)c(C(F)(F)F)nc2n1C. The van der Waals surface area contributed by atoms with Crippen LogP contribution in [0.3, 0.4) is 0 Å². The smallest absolute Gasteiger partial charge is 0.317 e. The molecule has 0 bridgehead atoms. The summed E-state index contributed by atoms with van der Waals surface area (Å²) in [4.78, 5) is 16.4. The van der Waals surface area contributed by atoms with E-state index in [1.807, 2.05) is 0 Å². The monoisotopic (exact) mass is 387 g/mol. The van der Waals surface area contributed by atoms with Crippen LogP contribution < -0.4 is 5.56 Å². The number of alkyl halides is 5. The Balaban J connectivity index is 1.87. The summed E-state index contributed by atoms with van der Waals surface area (Å²) in [5.41, 5.74) is -2.44. The van der Waals surface area contributed by atoms with Crippen LogP contribution in [0.25, 0.3) is 16.9 Å². The van der Waals surface area contributed by atoms with Crippen LogP contribution in [-0.2, 0) is 19.8 Å². The largest absolute Gasteiger partial charge is 0.434 e. The average Bonchev–Trinajstić information content (AvgIpc) is 2.88. The number of rotatable bonds is 3. The molecule has 1 aliphatic carbocycles. The minimum absolute atomic E-state index is 0.111. The molecule has 0 aromatic carbocycles. The lowest BCUT2D eigenvalue weighted by Gasteiger charge is -2.11. The van der Waals surface area contributed by atoms with E-state index in [9.17, 15) is 26.7 Å². The highest BCUT2D eigenvalue weighted by molar-refractivity contribution is 5.65. The second kappa shape index (κ2) is 5.40. The van der Waals surface area contributed by atoms with E-state index in [1.165, 1.54) is 24.0 Å². The van der Waals surface area contributed by atoms with Crippen molar-refractivity contribution in [3.05, 3.63) is 40.3 Å². The first-order valence-electron chi connectivity index (χ1n) is 8.05. The second-order valence-corrected chi connectivity index (χ2v) is 6.75. The lowest BCUT2D eigenvalue weighted by Crippen LogP contribution is -2.23. The quantitative estimate of drug-likeness (QED) is 0.650. The molecule has 1 fully saturated rings. The molecule has 3 heterocycles. The van der Waals surface area contributed by atoms with Gasteiger partial charge in [0, 0.05) is 49.6 Å². The first-order chi connectivity index (χ1) is 12.5. The Hall–Kier alpha value is -2.72. The Kier molecular flexibility index (Phi) is 3.53. The number of hydrogen-bond donors (Lipinski definition) is 0. The van der Waals surface area contributed by atoms with E-state index >= 15 is 0 Å². The zero-order chi connectivity index (χ0) is 19.7. The van der Waals surface area contributed by atoms with Gasteiger partial charge < -0.3 is 4.57 Å². The fourth-order valence-electron chi connectivity index (χ4n) is 3.06. The first-order valence-corrected chi connectivity index (χ1v) is 8.05. The molecule has 1 unspecified atom stereocenters. The van der Waals surface area contributed by atoms with Crippen molar-refractivity contribution in [2.75, 3.05) is 0 Å². The van der Waals surface area contributed by atoms with Crippen LogP contribution in [0.1, 0.15) is 17.8 Å². The fourth-order valence-corrected chi connectivity index (χ4v) is 3.06. The Morgan fingerprint density at radius 3 is 2.56 bits per heavy atom. The molecule has 0 spiro atoms. The molecule has 0 amide bonds. The van der Waals surface area contributed by atoms with Gasteiger partial charge in [-0.05, 0) is 6.92 Å². The van der Waals surface area contributed by atoms with Crippen molar-refractivity contribution < 1.29 is 22.0 Å². The molecule has 1 atom stereocenters. The topological polar surface area (TPSA) is 57.1 Å². The van der Waals surface area contributed by atoms with Gasteiger partial charge in [0.15, 0.2) is 5.69 Å². The van der Waals surface area contributed by atoms with Crippen molar-refractivity contribution in [1.82, 2.24) is 23.7 Å². The van der Waals surface area contributed by atoms with Crippen LogP contribution in [0.5, 0.6) is 0 Å². The maximum Gasteiger partial charge on any atom is 0.434 e. The van der Waals surface area contributed by atoms with Crippen LogP contribution in [0.2, 0.25) is 0 Å². The number of aryl methyl sites for hydroxylation is 2. The van der Waals surface area contributed by atoms with Gasteiger partial charge in [-0.15, -0.1) is 0 Å². The van der Waals surface area contributed by atoms with Crippen molar-refractivity contribution in [3.8, 4) is 11.1 Å². The summed E-state index contributed by atoms with van der Waals surface area (Å²) in [6.45, 7) is 1.50. The summed E-state index contributed by atoms with van der Waals surface area (Å²) in [6.07, 6.45) is -1.52. The fraction of sp³-hybridized carbons (Fsp3) is 0.438. The van der Waals surface area contributed by atoms with E-state index in [4.69, 9.17) is 0 Å². The third kappa shape index (κ3) is 2.81. The minimum atomic E-state index is -4.87.